The second kappa shape index (κ2) is 7.87. The van der Waals surface area contributed by atoms with E-state index < -0.39 is 0 Å². The third-order valence-electron chi connectivity index (χ3n) is 4.47. The largest absolute Gasteiger partial charge is 0.372 e. The minimum absolute atomic E-state index is 0.0994. The zero-order valence-corrected chi connectivity index (χ0v) is 16.8. The number of hydrogen-bond acceptors (Lipinski definition) is 3. The molecular weight excluding hydrogens is 390 g/mol. The van der Waals surface area contributed by atoms with Crippen LogP contribution in [-0.2, 0) is 4.79 Å². The maximum atomic E-state index is 12.8. The number of amides is 1. The number of hydrogen-bond donors (Lipinski definition) is 0. The fraction of sp³-hybridized carbons (Fsp3) is 0.238. The van der Waals surface area contributed by atoms with Gasteiger partial charge < -0.3 is 4.90 Å². The summed E-state index contributed by atoms with van der Waals surface area (Å²) >= 11 is 3.41. The highest BCUT2D eigenvalue weighted by Gasteiger charge is 2.28. The van der Waals surface area contributed by atoms with E-state index in [2.05, 4.69) is 51.9 Å². The Morgan fingerprint density at radius 3 is 2.23 bits per heavy atom. The van der Waals surface area contributed by atoms with E-state index in [-0.39, 0.29) is 5.91 Å². The first-order valence-corrected chi connectivity index (χ1v) is 9.55. The summed E-state index contributed by atoms with van der Waals surface area (Å²) in [5.41, 5.74) is 4.31. The number of benzene rings is 2. The number of nitrogens with zero attached hydrogens (tertiary/aromatic N) is 3. The van der Waals surface area contributed by atoms with Gasteiger partial charge in [0.2, 0.25) is 0 Å². The van der Waals surface area contributed by atoms with Crippen LogP contribution in [0.25, 0.3) is 6.08 Å². The predicted molar refractivity (Wildman–Crippen MR) is 113 cm³/mol. The summed E-state index contributed by atoms with van der Waals surface area (Å²) in [6.07, 6.45) is 1.91. The van der Waals surface area contributed by atoms with Gasteiger partial charge >= 0.3 is 0 Å². The summed E-state index contributed by atoms with van der Waals surface area (Å²) in [5, 5.41) is 5.88. The molecule has 0 bridgehead atoms. The molecular formula is C21H22BrN3O. The third kappa shape index (κ3) is 3.73. The molecule has 1 aliphatic heterocycles. The Hall–Kier alpha value is -2.40. The maximum Gasteiger partial charge on any atom is 0.280 e. The lowest BCUT2D eigenvalue weighted by atomic mass is 10.1. The molecule has 2 aromatic carbocycles. The van der Waals surface area contributed by atoms with Crippen molar-refractivity contribution in [3.05, 3.63) is 64.1 Å². The third-order valence-corrected chi connectivity index (χ3v) is 5.00. The Kier molecular flexibility index (Phi) is 5.57. The van der Waals surface area contributed by atoms with E-state index >= 15 is 0 Å². The van der Waals surface area contributed by atoms with E-state index in [0.29, 0.717) is 5.57 Å². The number of carbonyl (C=O) groups excluding carboxylic acids is 1. The molecule has 2 aromatic rings. The van der Waals surface area contributed by atoms with Crippen LogP contribution >= 0.6 is 15.9 Å². The van der Waals surface area contributed by atoms with E-state index in [1.807, 2.05) is 49.4 Å². The van der Waals surface area contributed by atoms with Gasteiger partial charge in [-0.2, -0.15) is 10.1 Å². The average Bonchev–Trinajstić information content (AvgIpc) is 2.93. The van der Waals surface area contributed by atoms with E-state index in [9.17, 15) is 4.79 Å². The molecule has 4 nitrogen and oxygen atoms in total. The van der Waals surface area contributed by atoms with Gasteiger partial charge in [-0.05, 0) is 68.8 Å². The molecule has 5 heteroatoms. The van der Waals surface area contributed by atoms with E-state index in [4.69, 9.17) is 0 Å². The molecule has 0 saturated heterocycles. The molecule has 134 valence electrons. The van der Waals surface area contributed by atoms with Crippen LogP contribution < -0.4 is 9.91 Å². The van der Waals surface area contributed by atoms with E-state index in [0.717, 1.165) is 34.5 Å². The summed E-state index contributed by atoms with van der Waals surface area (Å²) in [7, 11) is 0. The van der Waals surface area contributed by atoms with Gasteiger partial charge in [-0.3, -0.25) is 4.79 Å². The molecule has 0 fully saturated rings. The van der Waals surface area contributed by atoms with Crippen molar-refractivity contribution < 1.29 is 4.79 Å². The Morgan fingerprint density at radius 1 is 1.04 bits per heavy atom. The van der Waals surface area contributed by atoms with Gasteiger partial charge in [0.1, 0.15) is 0 Å². The highest BCUT2D eigenvalue weighted by Crippen LogP contribution is 2.26. The molecule has 0 aromatic heterocycles. The van der Waals surface area contributed by atoms with Crippen LogP contribution in [0.15, 0.2) is 63.7 Å². The molecule has 0 N–H and O–H groups in total. The first-order chi connectivity index (χ1) is 12.5. The van der Waals surface area contributed by atoms with Gasteiger partial charge in [-0.1, -0.05) is 28.1 Å². The van der Waals surface area contributed by atoms with Gasteiger partial charge in [0.05, 0.1) is 17.0 Å². The molecule has 0 aliphatic carbocycles. The number of anilines is 2. The Labute approximate surface area is 162 Å². The van der Waals surface area contributed by atoms with Crippen molar-refractivity contribution in [1.82, 2.24) is 0 Å². The zero-order chi connectivity index (χ0) is 18.7. The minimum Gasteiger partial charge on any atom is -0.372 e. The second-order valence-corrected chi connectivity index (χ2v) is 7.02. The molecule has 3 rings (SSSR count). The summed E-state index contributed by atoms with van der Waals surface area (Å²) in [5.74, 6) is -0.0994. The standard InChI is InChI=1S/C21H22BrN3O/c1-4-24(5-2)18-10-6-16(7-11-18)14-20-15(3)23-25(21(20)26)19-12-8-17(22)9-13-19/h6-14H,4-5H2,1-3H3/b20-14-. The normalized spacial score (nSPS) is 15.5. The highest BCUT2D eigenvalue weighted by atomic mass is 79.9. The molecule has 0 radical (unpaired) electrons. The van der Waals surface area contributed by atoms with Crippen LogP contribution in [0.3, 0.4) is 0 Å². The molecule has 1 amide bonds. The number of halogens is 1. The van der Waals surface area contributed by atoms with E-state index in [1.165, 1.54) is 10.7 Å². The second-order valence-electron chi connectivity index (χ2n) is 6.10. The fourth-order valence-electron chi connectivity index (χ4n) is 2.98. The summed E-state index contributed by atoms with van der Waals surface area (Å²) < 4.78 is 0.970. The molecule has 1 heterocycles. The molecule has 1 aliphatic rings. The molecule has 0 unspecified atom stereocenters. The van der Waals surface area contributed by atoms with E-state index in [1.54, 1.807) is 0 Å². The van der Waals surface area contributed by atoms with Crippen molar-refractivity contribution in [2.75, 3.05) is 23.0 Å². The minimum atomic E-state index is -0.0994. The lowest BCUT2D eigenvalue weighted by Gasteiger charge is -2.20. The SMILES string of the molecule is CCN(CC)c1ccc(/C=C2\C(=O)N(c3ccc(Br)cc3)N=C2C)cc1. The van der Waals surface area contributed by atoms with Crippen LogP contribution in [0.2, 0.25) is 0 Å². The average molecular weight is 412 g/mol. The Balaban J connectivity index is 1.84. The highest BCUT2D eigenvalue weighted by molar-refractivity contribution is 9.10. The first kappa shape index (κ1) is 18.4. The van der Waals surface area contributed by atoms with Crippen molar-refractivity contribution in [3.8, 4) is 0 Å². The number of rotatable bonds is 5. The monoisotopic (exact) mass is 411 g/mol. The van der Waals surface area contributed by atoms with Gasteiger partial charge in [0.15, 0.2) is 0 Å². The van der Waals surface area contributed by atoms with Crippen molar-refractivity contribution in [3.63, 3.8) is 0 Å². The molecule has 0 saturated carbocycles. The van der Waals surface area contributed by atoms with Crippen molar-refractivity contribution in [1.29, 1.82) is 0 Å². The van der Waals surface area contributed by atoms with Crippen LogP contribution in [0.5, 0.6) is 0 Å². The van der Waals surface area contributed by atoms with Crippen LogP contribution in [0.4, 0.5) is 11.4 Å². The smallest absolute Gasteiger partial charge is 0.280 e. The molecule has 26 heavy (non-hydrogen) atoms. The van der Waals surface area contributed by atoms with Crippen molar-refractivity contribution >= 4 is 45.0 Å². The molecule has 0 atom stereocenters. The fourth-order valence-corrected chi connectivity index (χ4v) is 3.24. The Morgan fingerprint density at radius 2 is 1.65 bits per heavy atom. The zero-order valence-electron chi connectivity index (χ0n) is 15.2. The predicted octanol–water partition coefficient (Wildman–Crippen LogP) is 5.10. The Bertz CT molecular complexity index is 850. The van der Waals surface area contributed by atoms with Crippen LogP contribution in [0.1, 0.15) is 26.3 Å². The van der Waals surface area contributed by atoms with Crippen molar-refractivity contribution in [2.45, 2.75) is 20.8 Å². The first-order valence-electron chi connectivity index (χ1n) is 8.75. The summed E-state index contributed by atoms with van der Waals surface area (Å²) in [6, 6.07) is 15.8. The number of carbonyl (C=O) groups is 1. The van der Waals surface area contributed by atoms with Gasteiger partial charge in [0.25, 0.3) is 5.91 Å². The lowest BCUT2D eigenvalue weighted by Crippen LogP contribution is -2.21. The quantitative estimate of drug-likeness (QED) is 0.641. The van der Waals surface area contributed by atoms with Gasteiger partial charge in [0, 0.05) is 23.2 Å². The summed E-state index contributed by atoms with van der Waals surface area (Å²) in [4.78, 5) is 15.1. The van der Waals surface area contributed by atoms with Gasteiger partial charge in [-0.25, -0.2) is 0 Å². The summed E-state index contributed by atoms with van der Waals surface area (Å²) in [6.45, 7) is 8.11. The maximum absolute atomic E-state index is 12.8. The lowest BCUT2D eigenvalue weighted by molar-refractivity contribution is -0.114. The number of hydrazone groups is 1. The van der Waals surface area contributed by atoms with Crippen LogP contribution in [0, 0.1) is 0 Å². The van der Waals surface area contributed by atoms with Gasteiger partial charge in [-0.15, -0.1) is 0 Å². The van der Waals surface area contributed by atoms with Crippen molar-refractivity contribution in [2.24, 2.45) is 5.10 Å². The molecule has 0 spiro atoms. The topological polar surface area (TPSA) is 35.9 Å². The van der Waals surface area contributed by atoms with Crippen LogP contribution in [-0.4, -0.2) is 24.7 Å².